The molecular weight excluding hydrogens is 308 g/mol. The predicted octanol–water partition coefficient (Wildman–Crippen LogP) is 6.71. The summed E-state index contributed by atoms with van der Waals surface area (Å²) in [6, 6.07) is 3.22. The van der Waals surface area contributed by atoms with Gasteiger partial charge in [0.15, 0.2) is 0 Å². The molecule has 0 saturated heterocycles. The number of allylic oxidation sites excluding steroid dienone is 4. The molecule has 0 fully saturated rings. The highest BCUT2D eigenvalue weighted by Crippen LogP contribution is 2.45. The molecule has 2 rings (SSSR count). The van der Waals surface area contributed by atoms with Crippen molar-refractivity contribution in [1.82, 2.24) is 0 Å². The third-order valence-electron chi connectivity index (χ3n) is 5.16. The Morgan fingerprint density at radius 1 is 1.28 bits per heavy atom. The lowest BCUT2D eigenvalue weighted by Crippen LogP contribution is -2.17. The first-order chi connectivity index (χ1) is 11.9. The highest BCUT2D eigenvalue weighted by atomic mass is 16.3. The first kappa shape index (κ1) is 19.4. The second kappa shape index (κ2) is 8.94. The molecule has 0 bridgehead atoms. The molecule has 25 heavy (non-hydrogen) atoms. The third-order valence-corrected chi connectivity index (χ3v) is 5.16. The van der Waals surface area contributed by atoms with E-state index >= 15 is 0 Å². The van der Waals surface area contributed by atoms with Gasteiger partial charge in [0.1, 0.15) is 11.5 Å². The molecule has 2 heteroatoms. The first-order valence-electron chi connectivity index (χ1n) is 9.49. The molecule has 0 aliphatic heterocycles. The van der Waals surface area contributed by atoms with Gasteiger partial charge in [-0.25, -0.2) is 0 Å². The van der Waals surface area contributed by atoms with Crippen molar-refractivity contribution in [2.45, 2.75) is 65.2 Å². The van der Waals surface area contributed by atoms with Crippen LogP contribution in [0.15, 0.2) is 42.0 Å². The van der Waals surface area contributed by atoms with E-state index in [4.69, 9.17) is 0 Å². The summed E-state index contributed by atoms with van der Waals surface area (Å²) in [6.07, 6.45) is 13.2. The molecule has 0 amide bonds. The fourth-order valence-corrected chi connectivity index (χ4v) is 3.77. The van der Waals surface area contributed by atoms with E-state index in [2.05, 4.69) is 45.6 Å². The summed E-state index contributed by atoms with van der Waals surface area (Å²) in [4.78, 5) is 0. The Morgan fingerprint density at radius 2 is 2.04 bits per heavy atom. The van der Waals surface area contributed by atoms with E-state index in [0.717, 1.165) is 36.0 Å². The summed E-state index contributed by atoms with van der Waals surface area (Å²) in [5.41, 5.74) is 4.33. The maximum absolute atomic E-state index is 10.6. The molecule has 1 aromatic carbocycles. The lowest BCUT2D eigenvalue weighted by Gasteiger charge is -2.32. The van der Waals surface area contributed by atoms with E-state index in [0.29, 0.717) is 5.92 Å². The molecule has 2 N–H and O–H groups in total. The normalized spacial score (nSPS) is 20.7. The van der Waals surface area contributed by atoms with Crippen LogP contribution in [0.2, 0.25) is 0 Å². The van der Waals surface area contributed by atoms with Crippen molar-refractivity contribution in [3.05, 3.63) is 53.1 Å². The summed E-state index contributed by atoms with van der Waals surface area (Å²) in [7, 11) is 0. The number of unbranched alkanes of at least 4 members (excludes halogenated alkanes) is 3. The van der Waals surface area contributed by atoms with Crippen LogP contribution in [0.5, 0.6) is 11.5 Å². The van der Waals surface area contributed by atoms with E-state index in [1.165, 1.54) is 30.9 Å². The van der Waals surface area contributed by atoms with Crippen LogP contribution in [0.1, 0.15) is 76.3 Å². The summed E-state index contributed by atoms with van der Waals surface area (Å²) >= 11 is 0. The highest BCUT2D eigenvalue weighted by molar-refractivity contribution is 5.63. The Balaban J connectivity index is 2.41. The van der Waals surface area contributed by atoms with Crippen LogP contribution in [-0.2, 0) is 0 Å². The molecule has 1 aliphatic carbocycles. The van der Waals surface area contributed by atoms with Crippen molar-refractivity contribution in [2.75, 3.05) is 0 Å². The van der Waals surface area contributed by atoms with Gasteiger partial charge >= 0.3 is 0 Å². The van der Waals surface area contributed by atoms with Crippen molar-refractivity contribution >= 4 is 6.08 Å². The van der Waals surface area contributed by atoms with Crippen LogP contribution in [0, 0.1) is 5.92 Å². The topological polar surface area (TPSA) is 40.5 Å². The van der Waals surface area contributed by atoms with Gasteiger partial charge in [0.2, 0.25) is 0 Å². The van der Waals surface area contributed by atoms with Gasteiger partial charge in [-0.05, 0) is 57.1 Å². The number of benzene rings is 1. The fourth-order valence-electron chi connectivity index (χ4n) is 3.77. The molecule has 0 radical (unpaired) electrons. The van der Waals surface area contributed by atoms with Gasteiger partial charge in [-0.3, -0.25) is 0 Å². The molecule has 1 aliphatic rings. The Morgan fingerprint density at radius 3 is 2.72 bits per heavy atom. The van der Waals surface area contributed by atoms with E-state index in [1.54, 1.807) is 6.07 Å². The number of hydrogen-bond acceptors (Lipinski definition) is 2. The van der Waals surface area contributed by atoms with Gasteiger partial charge in [-0.1, -0.05) is 55.7 Å². The third kappa shape index (κ3) is 5.01. The van der Waals surface area contributed by atoms with Crippen LogP contribution in [0.25, 0.3) is 6.08 Å². The zero-order chi connectivity index (χ0) is 18.4. The molecule has 0 saturated carbocycles. The van der Waals surface area contributed by atoms with Crippen LogP contribution in [0.4, 0.5) is 0 Å². The Labute approximate surface area is 152 Å². The molecule has 2 nitrogen and oxygen atoms in total. The number of rotatable bonds is 7. The van der Waals surface area contributed by atoms with E-state index in [-0.39, 0.29) is 17.4 Å². The zero-order valence-electron chi connectivity index (χ0n) is 15.9. The average molecular weight is 341 g/mol. The number of hydrogen-bond donors (Lipinski definition) is 2. The summed E-state index contributed by atoms with van der Waals surface area (Å²) in [5, 5.41) is 20.6. The molecule has 0 heterocycles. The van der Waals surface area contributed by atoms with Gasteiger partial charge in [-0.15, -0.1) is 0 Å². The summed E-state index contributed by atoms with van der Waals surface area (Å²) in [6.45, 7) is 10.6. The fraction of sp³-hybridized carbons (Fsp3) is 0.478. The van der Waals surface area contributed by atoms with Crippen molar-refractivity contribution in [1.29, 1.82) is 0 Å². The van der Waals surface area contributed by atoms with Crippen LogP contribution in [0.3, 0.4) is 0 Å². The van der Waals surface area contributed by atoms with Crippen molar-refractivity contribution < 1.29 is 10.2 Å². The SMILES string of the molecule is C=C(C)[C@@H]1CCC(C)=C[C@H]1c1c(O)cc(O)cc1C=CCCCCC. The highest BCUT2D eigenvalue weighted by Gasteiger charge is 2.29. The van der Waals surface area contributed by atoms with Crippen LogP contribution >= 0.6 is 0 Å². The van der Waals surface area contributed by atoms with Gasteiger partial charge < -0.3 is 10.2 Å². The second-order valence-electron chi connectivity index (χ2n) is 7.40. The molecule has 136 valence electrons. The standard InChI is InChI=1S/C23H32O2/c1-5-6-7-8-9-10-18-14-19(24)15-22(25)23(18)21-13-17(4)11-12-20(21)16(2)3/h9-10,13-15,20-21,24-25H,2,5-8,11-12H2,1,3-4H3/t20-,21+/m0/s1. The first-order valence-corrected chi connectivity index (χ1v) is 9.49. The number of aromatic hydroxyl groups is 2. The lowest BCUT2D eigenvalue weighted by atomic mass is 9.73. The quantitative estimate of drug-likeness (QED) is 0.428. The van der Waals surface area contributed by atoms with Gasteiger partial charge in [0.25, 0.3) is 0 Å². The smallest absolute Gasteiger partial charge is 0.123 e. The Hall–Kier alpha value is -1.96. The zero-order valence-corrected chi connectivity index (χ0v) is 15.9. The van der Waals surface area contributed by atoms with Crippen molar-refractivity contribution in [3.8, 4) is 11.5 Å². The van der Waals surface area contributed by atoms with E-state index in [9.17, 15) is 10.2 Å². The Kier molecular flexibility index (Phi) is 6.92. The lowest BCUT2D eigenvalue weighted by molar-refractivity contribution is 0.426. The monoisotopic (exact) mass is 340 g/mol. The van der Waals surface area contributed by atoms with E-state index in [1.807, 2.05) is 0 Å². The van der Waals surface area contributed by atoms with Crippen LogP contribution in [-0.4, -0.2) is 10.2 Å². The number of phenols is 2. The van der Waals surface area contributed by atoms with Crippen LogP contribution < -0.4 is 0 Å². The maximum Gasteiger partial charge on any atom is 0.123 e. The Bertz CT molecular complexity index is 667. The minimum absolute atomic E-state index is 0.109. The number of phenolic OH excluding ortho intramolecular Hbond substituents is 2. The molecule has 0 unspecified atom stereocenters. The molecular formula is C23H32O2. The average Bonchev–Trinajstić information content (AvgIpc) is 2.53. The summed E-state index contributed by atoms with van der Waals surface area (Å²) in [5.74, 6) is 0.724. The molecule has 0 aromatic heterocycles. The van der Waals surface area contributed by atoms with Gasteiger partial charge in [-0.2, -0.15) is 0 Å². The van der Waals surface area contributed by atoms with Gasteiger partial charge in [0, 0.05) is 17.5 Å². The molecule has 1 aromatic rings. The van der Waals surface area contributed by atoms with Crippen molar-refractivity contribution in [3.63, 3.8) is 0 Å². The second-order valence-corrected chi connectivity index (χ2v) is 7.40. The molecule has 0 spiro atoms. The maximum atomic E-state index is 10.6. The van der Waals surface area contributed by atoms with E-state index < -0.39 is 0 Å². The largest absolute Gasteiger partial charge is 0.508 e. The van der Waals surface area contributed by atoms with Crippen molar-refractivity contribution in [2.24, 2.45) is 5.92 Å². The molecule has 2 atom stereocenters. The minimum Gasteiger partial charge on any atom is -0.508 e. The van der Waals surface area contributed by atoms with Gasteiger partial charge in [0.05, 0.1) is 0 Å². The minimum atomic E-state index is 0.109. The predicted molar refractivity (Wildman–Crippen MR) is 107 cm³/mol. The summed E-state index contributed by atoms with van der Waals surface area (Å²) < 4.78 is 0.